The third kappa shape index (κ3) is 12.8. The lowest BCUT2D eigenvalue weighted by molar-refractivity contribution is -0.144. The lowest BCUT2D eigenvalue weighted by atomic mass is 10.0. The zero-order valence-corrected chi connectivity index (χ0v) is 24.8. The van der Waals surface area contributed by atoms with Gasteiger partial charge in [0.1, 0.15) is 6.54 Å². The Kier molecular flexibility index (Phi) is 13.9. The van der Waals surface area contributed by atoms with Gasteiger partial charge in [0.2, 0.25) is 5.91 Å². The van der Waals surface area contributed by atoms with Crippen molar-refractivity contribution >= 4 is 53.3 Å². The molecule has 2 rings (SSSR count). The molecule has 1 aliphatic rings. The number of benzene rings is 1. The van der Waals surface area contributed by atoms with Gasteiger partial charge >= 0.3 is 29.8 Å². The summed E-state index contributed by atoms with van der Waals surface area (Å²) in [4.78, 5) is 97.7. The van der Waals surface area contributed by atoms with Gasteiger partial charge in [0.25, 0.3) is 11.8 Å². The molecule has 0 fully saturated rings. The summed E-state index contributed by atoms with van der Waals surface area (Å²) in [6.45, 7) is -2.76. The molecule has 0 aliphatic carbocycles. The minimum Gasteiger partial charge on any atom is -0.480 e. The fourth-order valence-electron chi connectivity index (χ4n) is 4.93. The minimum absolute atomic E-state index is 0.0297. The van der Waals surface area contributed by atoms with Crippen molar-refractivity contribution in [2.75, 3.05) is 57.7 Å². The van der Waals surface area contributed by atoms with Crippen molar-refractivity contribution in [2.45, 2.75) is 25.4 Å². The van der Waals surface area contributed by atoms with Crippen molar-refractivity contribution in [3.63, 3.8) is 0 Å². The van der Waals surface area contributed by atoms with E-state index in [0.717, 1.165) is 26.9 Å². The lowest BCUT2D eigenvalue weighted by Gasteiger charge is -2.39. The first kappa shape index (κ1) is 37.0. The maximum Gasteiger partial charge on any atom is 0.317 e. The van der Waals surface area contributed by atoms with Crippen LogP contribution in [0.3, 0.4) is 0 Å². The van der Waals surface area contributed by atoms with Crippen LogP contribution < -0.4 is 5.32 Å². The zero-order chi connectivity index (χ0) is 34.6. The Bertz CT molecular complexity index is 1310. The summed E-state index contributed by atoms with van der Waals surface area (Å²) in [5.41, 5.74) is 0.850. The summed E-state index contributed by atoms with van der Waals surface area (Å²) in [5.74, 6) is -8.50. The summed E-state index contributed by atoms with van der Waals surface area (Å²) in [6.07, 6.45) is 2.11. The highest BCUT2D eigenvalue weighted by atomic mass is 16.4. The second-order valence-corrected chi connectivity index (χ2v) is 10.5. The molecule has 18 nitrogen and oxygen atoms in total. The summed E-state index contributed by atoms with van der Waals surface area (Å²) in [7, 11) is 0. The van der Waals surface area contributed by atoms with Gasteiger partial charge in [-0.1, -0.05) is 12.1 Å². The Morgan fingerprint density at radius 2 is 1.13 bits per heavy atom. The van der Waals surface area contributed by atoms with Crippen LogP contribution in [0.25, 0.3) is 0 Å². The van der Waals surface area contributed by atoms with Gasteiger partial charge < -0.3 is 30.8 Å². The van der Waals surface area contributed by atoms with Gasteiger partial charge in [0.15, 0.2) is 0 Å². The number of amides is 3. The van der Waals surface area contributed by atoms with Crippen LogP contribution in [-0.2, 0) is 44.8 Å². The Labute approximate surface area is 262 Å². The first-order valence-electron chi connectivity index (χ1n) is 13.8. The van der Waals surface area contributed by atoms with Gasteiger partial charge in [-0.05, 0) is 31.0 Å². The average Bonchev–Trinajstić information content (AvgIpc) is 3.22. The van der Waals surface area contributed by atoms with E-state index in [2.05, 4.69) is 5.32 Å². The van der Waals surface area contributed by atoms with E-state index in [1.54, 1.807) is 12.1 Å². The Balaban J connectivity index is 2.35. The lowest BCUT2D eigenvalue weighted by Crippen LogP contribution is -2.55. The molecule has 1 heterocycles. The largest absolute Gasteiger partial charge is 0.480 e. The monoisotopic (exact) mass is 649 g/mol. The minimum atomic E-state index is -1.33. The number of carbonyl (C=O) groups is 8. The SMILES string of the molecule is C[C@@H](CN(CC(=O)O)CC(=O)O)N(CC(=O)O)[C@H](Cc1ccc(NC(=O)CN2C(=O)C=CC2=O)cc1)CN(CC(=O)O)CC(=O)O. The smallest absolute Gasteiger partial charge is 0.317 e. The quantitative estimate of drug-likeness (QED) is 0.0801. The number of imide groups is 1. The molecule has 0 bridgehead atoms. The fourth-order valence-corrected chi connectivity index (χ4v) is 4.93. The molecule has 1 aliphatic heterocycles. The molecule has 0 spiro atoms. The topological polar surface area (TPSA) is 263 Å². The van der Waals surface area contributed by atoms with Crippen LogP contribution in [0, 0.1) is 0 Å². The molecule has 0 unspecified atom stereocenters. The molecule has 1 aromatic carbocycles. The van der Waals surface area contributed by atoms with Crippen LogP contribution >= 0.6 is 0 Å². The zero-order valence-electron chi connectivity index (χ0n) is 24.8. The van der Waals surface area contributed by atoms with Crippen LogP contribution in [0.15, 0.2) is 36.4 Å². The number of anilines is 1. The number of hydrogen-bond acceptors (Lipinski definition) is 11. The number of nitrogens with one attached hydrogen (secondary N) is 1. The number of nitrogens with zero attached hydrogens (tertiary/aromatic N) is 4. The van der Waals surface area contributed by atoms with E-state index in [9.17, 15) is 63.9 Å². The van der Waals surface area contributed by atoms with Gasteiger partial charge in [0.05, 0.1) is 32.7 Å². The average molecular weight is 650 g/mol. The van der Waals surface area contributed by atoms with Crippen molar-refractivity contribution in [3.8, 4) is 0 Å². The summed E-state index contributed by atoms with van der Waals surface area (Å²) in [5, 5.41) is 49.5. The predicted octanol–water partition coefficient (Wildman–Crippen LogP) is -1.82. The molecule has 0 saturated heterocycles. The first-order chi connectivity index (χ1) is 21.5. The molecule has 0 aromatic heterocycles. The van der Waals surface area contributed by atoms with Gasteiger partial charge in [0, 0.05) is 43.0 Å². The number of rotatable bonds is 21. The second kappa shape index (κ2) is 17.3. The fraction of sp³-hybridized carbons (Fsp3) is 0.429. The third-order valence-corrected chi connectivity index (χ3v) is 6.69. The van der Waals surface area contributed by atoms with E-state index in [0.29, 0.717) is 11.3 Å². The van der Waals surface area contributed by atoms with E-state index in [1.807, 2.05) is 0 Å². The molecule has 0 radical (unpaired) electrons. The number of hydrogen-bond donors (Lipinski definition) is 6. The standard InChI is InChI=1S/C28H35N5O13/c1-17(9-30(12-24(37)38)13-25(39)40)32(16-28(45)46)20(10-31(14-26(41)42)15-27(43)44)8-18-2-4-19(5-3-18)29-21(34)11-33-22(35)6-7-23(33)36/h2-7,17,20H,8-16H2,1H3,(H,29,34)(H,37,38)(H,39,40)(H,41,42)(H,43,44)(H,45,46)/t17-,20+/m0/s1. The maximum atomic E-state index is 12.4. The molecule has 18 heteroatoms. The molecule has 46 heavy (non-hydrogen) atoms. The van der Waals surface area contributed by atoms with Gasteiger partial charge in [-0.15, -0.1) is 0 Å². The Morgan fingerprint density at radius 3 is 1.57 bits per heavy atom. The highest BCUT2D eigenvalue weighted by Crippen LogP contribution is 2.18. The normalized spacial score (nSPS) is 14.1. The number of aliphatic carboxylic acids is 5. The van der Waals surface area contributed by atoms with Crippen LogP contribution in [0.2, 0.25) is 0 Å². The molecule has 1 aromatic rings. The van der Waals surface area contributed by atoms with Gasteiger partial charge in [-0.3, -0.25) is 58.0 Å². The Hall–Kier alpha value is -5.20. The number of carboxylic acid groups (broad SMARTS) is 5. The summed E-state index contributed by atoms with van der Waals surface area (Å²) < 4.78 is 0. The molecule has 6 N–H and O–H groups in total. The molecular weight excluding hydrogens is 614 g/mol. The molecule has 0 saturated carbocycles. The summed E-state index contributed by atoms with van der Waals surface area (Å²) >= 11 is 0. The number of carboxylic acids is 5. The van der Waals surface area contributed by atoms with Crippen molar-refractivity contribution in [1.82, 2.24) is 19.6 Å². The highest BCUT2D eigenvalue weighted by molar-refractivity contribution is 6.15. The van der Waals surface area contributed by atoms with Gasteiger partial charge in [-0.25, -0.2) is 0 Å². The number of carbonyl (C=O) groups excluding carboxylic acids is 3. The van der Waals surface area contributed by atoms with Crippen molar-refractivity contribution in [2.24, 2.45) is 0 Å². The maximum absolute atomic E-state index is 12.4. The van der Waals surface area contributed by atoms with E-state index in [4.69, 9.17) is 0 Å². The van der Waals surface area contributed by atoms with Gasteiger partial charge in [-0.2, -0.15) is 0 Å². The Morgan fingerprint density at radius 1 is 0.696 bits per heavy atom. The second-order valence-electron chi connectivity index (χ2n) is 10.5. The van der Waals surface area contributed by atoms with Crippen molar-refractivity contribution < 1.29 is 63.9 Å². The molecular formula is C28H35N5O13. The molecule has 2 atom stereocenters. The van der Waals surface area contributed by atoms with Crippen LogP contribution in [0.4, 0.5) is 5.69 Å². The van der Waals surface area contributed by atoms with Crippen LogP contribution in [-0.4, -0.2) is 157 Å². The van der Waals surface area contributed by atoms with Crippen molar-refractivity contribution in [1.29, 1.82) is 0 Å². The highest BCUT2D eigenvalue weighted by Gasteiger charge is 2.31. The van der Waals surface area contributed by atoms with E-state index >= 15 is 0 Å². The third-order valence-electron chi connectivity index (χ3n) is 6.69. The summed E-state index contributed by atoms with van der Waals surface area (Å²) in [6, 6.07) is 4.45. The molecule has 3 amide bonds. The van der Waals surface area contributed by atoms with E-state index < -0.39 is 98.9 Å². The van der Waals surface area contributed by atoms with E-state index in [1.165, 1.54) is 24.0 Å². The van der Waals surface area contributed by atoms with E-state index in [-0.39, 0.29) is 19.5 Å². The van der Waals surface area contributed by atoms with Crippen LogP contribution in [0.5, 0.6) is 0 Å². The first-order valence-corrected chi connectivity index (χ1v) is 13.8. The van der Waals surface area contributed by atoms with Crippen LogP contribution in [0.1, 0.15) is 12.5 Å². The van der Waals surface area contributed by atoms with Crippen molar-refractivity contribution in [3.05, 3.63) is 42.0 Å². The molecule has 250 valence electrons. The predicted molar refractivity (Wildman–Crippen MR) is 156 cm³/mol.